The number of thiazole rings is 1. The molecule has 3 amide bonds. The van der Waals surface area contributed by atoms with Gasteiger partial charge in [0, 0.05) is 16.1 Å². The third-order valence-electron chi connectivity index (χ3n) is 3.87. The number of nitrogens with zero attached hydrogens (tertiary/aromatic N) is 1. The van der Waals surface area contributed by atoms with Crippen LogP contribution in [-0.2, 0) is 11.2 Å². The van der Waals surface area contributed by atoms with Crippen molar-refractivity contribution in [2.75, 3.05) is 10.6 Å². The van der Waals surface area contributed by atoms with Gasteiger partial charge in [-0.2, -0.15) is 0 Å². The largest absolute Gasteiger partial charge is 0.349 e. The van der Waals surface area contributed by atoms with E-state index in [1.807, 2.05) is 37.3 Å². The van der Waals surface area contributed by atoms with E-state index >= 15 is 0 Å². The molecule has 144 valence electrons. The molecule has 0 bridgehead atoms. The summed E-state index contributed by atoms with van der Waals surface area (Å²) in [7, 11) is 0. The minimum absolute atomic E-state index is 0.0894. The zero-order chi connectivity index (χ0) is 19.9. The standard InChI is InChI=1S/C20H19ClN4O2S/c1-13(14-6-3-2-4-7-14)22-18(26)11-17-12-28-20(24-17)25-19(27)23-16-9-5-8-15(21)10-16/h2-10,12-13H,11H2,1H3,(H,22,26)(H2,23,24,25,27)/t13-/m1/s1. The zero-order valence-corrected chi connectivity index (χ0v) is 16.7. The second kappa shape index (κ2) is 9.34. The van der Waals surface area contributed by atoms with Gasteiger partial charge in [-0.25, -0.2) is 9.78 Å². The Morgan fingerprint density at radius 2 is 1.89 bits per heavy atom. The Hall–Kier alpha value is -2.90. The van der Waals surface area contributed by atoms with Crippen molar-refractivity contribution in [3.05, 3.63) is 76.3 Å². The first-order chi connectivity index (χ1) is 13.5. The fourth-order valence-corrected chi connectivity index (χ4v) is 3.45. The molecule has 0 aliphatic rings. The molecule has 0 spiro atoms. The van der Waals surface area contributed by atoms with Gasteiger partial charge in [0.05, 0.1) is 18.2 Å². The maximum Gasteiger partial charge on any atom is 0.325 e. The van der Waals surface area contributed by atoms with Crippen LogP contribution in [0.5, 0.6) is 0 Å². The summed E-state index contributed by atoms with van der Waals surface area (Å²) in [4.78, 5) is 28.6. The lowest BCUT2D eigenvalue weighted by molar-refractivity contribution is -0.121. The number of carbonyl (C=O) groups is 2. The second-order valence-electron chi connectivity index (χ2n) is 6.11. The summed E-state index contributed by atoms with van der Waals surface area (Å²) in [6.45, 7) is 1.93. The van der Waals surface area contributed by atoms with Crippen molar-refractivity contribution in [3.8, 4) is 0 Å². The summed E-state index contributed by atoms with van der Waals surface area (Å²) >= 11 is 7.16. The van der Waals surface area contributed by atoms with Gasteiger partial charge in [-0.1, -0.05) is 48.0 Å². The van der Waals surface area contributed by atoms with Crippen molar-refractivity contribution in [2.45, 2.75) is 19.4 Å². The quantitative estimate of drug-likeness (QED) is 0.538. The third-order valence-corrected chi connectivity index (χ3v) is 4.92. The summed E-state index contributed by atoms with van der Waals surface area (Å²) in [5.41, 5.74) is 2.21. The highest BCUT2D eigenvalue weighted by molar-refractivity contribution is 7.14. The molecule has 2 aromatic carbocycles. The molecule has 1 heterocycles. The van der Waals surface area contributed by atoms with Crippen LogP contribution in [0.25, 0.3) is 0 Å². The van der Waals surface area contributed by atoms with Gasteiger partial charge in [0.2, 0.25) is 5.91 Å². The molecular weight excluding hydrogens is 396 g/mol. The minimum Gasteiger partial charge on any atom is -0.349 e. The van der Waals surface area contributed by atoms with Crippen LogP contribution >= 0.6 is 22.9 Å². The number of anilines is 2. The van der Waals surface area contributed by atoms with Crippen LogP contribution in [0.4, 0.5) is 15.6 Å². The van der Waals surface area contributed by atoms with E-state index < -0.39 is 6.03 Å². The number of hydrogen-bond acceptors (Lipinski definition) is 4. The number of benzene rings is 2. The molecule has 8 heteroatoms. The van der Waals surface area contributed by atoms with Crippen LogP contribution in [0.3, 0.4) is 0 Å². The highest BCUT2D eigenvalue weighted by Gasteiger charge is 2.13. The number of aromatic nitrogens is 1. The molecular formula is C20H19ClN4O2S. The van der Waals surface area contributed by atoms with Gasteiger partial charge in [0.1, 0.15) is 0 Å². The number of halogens is 1. The van der Waals surface area contributed by atoms with Gasteiger partial charge >= 0.3 is 6.03 Å². The van der Waals surface area contributed by atoms with Crippen molar-refractivity contribution in [3.63, 3.8) is 0 Å². The highest BCUT2D eigenvalue weighted by Crippen LogP contribution is 2.18. The summed E-state index contributed by atoms with van der Waals surface area (Å²) in [6.07, 6.45) is 0.144. The zero-order valence-electron chi connectivity index (χ0n) is 15.1. The predicted molar refractivity (Wildman–Crippen MR) is 113 cm³/mol. The van der Waals surface area contributed by atoms with Crippen LogP contribution in [0, 0.1) is 0 Å². The Morgan fingerprint density at radius 1 is 1.11 bits per heavy atom. The van der Waals surface area contributed by atoms with Crippen LogP contribution < -0.4 is 16.0 Å². The van der Waals surface area contributed by atoms with Crippen LogP contribution in [0.15, 0.2) is 60.0 Å². The van der Waals surface area contributed by atoms with E-state index in [4.69, 9.17) is 11.6 Å². The van der Waals surface area contributed by atoms with Crippen LogP contribution in [-0.4, -0.2) is 16.9 Å². The van der Waals surface area contributed by atoms with Gasteiger partial charge in [-0.05, 0) is 30.7 Å². The SMILES string of the molecule is C[C@@H](NC(=O)Cc1csc(NC(=O)Nc2cccc(Cl)c2)n1)c1ccccc1. The lowest BCUT2D eigenvalue weighted by Gasteiger charge is -2.13. The van der Waals surface area contributed by atoms with E-state index in [0.717, 1.165) is 5.56 Å². The van der Waals surface area contributed by atoms with Gasteiger partial charge in [-0.3, -0.25) is 10.1 Å². The Balaban J connectivity index is 1.50. The second-order valence-corrected chi connectivity index (χ2v) is 7.40. The molecule has 28 heavy (non-hydrogen) atoms. The van der Waals surface area contributed by atoms with E-state index in [0.29, 0.717) is 21.5 Å². The minimum atomic E-state index is -0.426. The van der Waals surface area contributed by atoms with E-state index in [1.165, 1.54) is 11.3 Å². The monoisotopic (exact) mass is 414 g/mol. The number of urea groups is 1. The summed E-state index contributed by atoms with van der Waals surface area (Å²) in [5.74, 6) is -0.128. The molecule has 1 atom stereocenters. The van der Waals surface area contributed by atoms with Crippen molar-refractivity contribution >= 4 is 45.7 Å². The Bertz CT molecular complexity index is 962. The molecule has 6 nitrogen and oxygen atoms in total. The Morgan fingerprint density at radius 3 is 2.64 bits per heavy atom. The Kier molecular flexibility index (Phi) is 6.62. The number of amides is 3. The lowest BCUT2D eigenvalue weighted by Crippen LogP contribution is -2.28. The maximum absolute atomic E-state index is 12.2. The predicted octanol–water partition coefficient (Wildman–Crippen LogP) is 4.86. The smallest absolute Gasteiger partial charge is 0.325 e. The van der Waals surface area contributed by atoms with Crippen molar-refractivity contribution in [1.82, 2.24) is 10.3 Å². The number of nitrogens with one attached hydrogen (secondary N) is 3. The molecule has 0 saturated carbocycles. The molecule has 0 aliphatic carbocycles. The molecule has 0 radical (unpaired) electrons. The van der Waals surface area contributed by atoms with E-state index in [1.54, 1.807) is 29.6 Å². The van der Waals surface area contributed by atoms with Gasteiger partial charge < -0.3 is 10.6 Å². The van der Waals surface area contributed by atoms with Crippen molar-refractivity contribution in [1.29, 1.82) is 0 Å². The first kappa shape index (κ1) is 19.9. The first-order valence-corrected chi connectivity index (χ1v) is 9.87. The molecule has 0 saturated heterocycles. The molecule has 3 N–H and O–H groups in total. The summed E-state index contributed by atoms with van der Waals surface area (Å²) < 4.78 is 0. The molecule has 3 aromatic rings. The van der Waals surface area contributed by atoms with Gasteiger partial charge in [-0.15, -0.1) is 11.3 Å². The first-order valence-electron chi connectivity index (χ1n) is 8.62. The number of rotatable bonds is 6. The average molecular weight is 415 g/mol. The van der Waals surface area contributed by atoms with Gasteiger partial charge in [0.25, 0.3) is 0 Å². The van der Waals surface area contributed by atoms with E-state index in [2.05, 4.69) is 20.9 Å². The molecule has 0 fully saturated rings. The van der Waals surface area contributed by atoms with Crippen LogP contribution in [0.1, 0.15) is 24.2 Å². The van der Waals surface area contributed by atoms with Crippen molar-refractivity contribution < 1.29 is 9.59 Å². The van der Waals surface area contributed by atoms with Crippen molar-refractivity contribution in [2.24, 2.45) is 0 Å². The molecule has 1 aromatic heterocycles. The Labute approximate surface area is 172 Å². The van der Waals surface area contributed by atoms with E-state index in [-0.39, 0.29) is 18.4 Å². The fraction of sp³-hybridized carbons (Fsp3) is 0.150. The van der Waals surface area contributed by atoms with Gasteiger partial charge in [0.15, 0.2) is 5.13 Å². The lowest BCUT2D eigenvalue weighted by atomic mass is 10.1. The number of hydrogen-bond donors (Lipinski definition) is 3. The fourth-order valence-electron chi connectivity index (χ4n) is 2.55. The highest BCUT2D eigenvalue weighted by atomic mass is 35.5. The van der Waals surface area contributed by atoms with Crippen LogP contribution in [0.2, 0.25) is 5.02 Å². The third kappa shape index (κ3) is 5.80. The summed E-state index contributed by atoms with van der Waals surface area (Å²) in [5, 5.41) is 11.0. The van der Waals surface area contributed by atoms with E-state index in [9.17, 15) is 9.59 Å². The topological polar surface area (TPSA) is 83.1 Å². The normalized spacial score (nSPS) is 11.5. The molecule has 0 unspecified atom stereocenters. The molecule has 3 rings (SSSR count). The maximum atomic E-state index is 12.2. The molecule has 0 aliphatic heterocycles. The summed E-state index contributed by atoms with van der Waals surface area (Å²) in [6, 6.07) is 16.1. The average Bonchev–Trinajstić information content (AvgIpc) is 3.08. The number of carbonyl (C=O) groups excluding carboxylic acids is 2.